The second-order valence-corrected chi connectivity index (χ2v) is 7.63. The number of hydrogen-bond donors (Lipinski definition) is 0. The smallest absolute Gasteiger partial charge is 0.0629 e. The first-order valence-electron chi connectivity index (χ1n) is 11.7. The zero-order valence-corrected chi connectivity index (χ0v) is 15.9. The Kier molecular flexibility index (Phi) is 5.38. The molecule has 0 saturated heterocycles. The second kappa shape index (κ2) is 9.22. The van der Waals surface area contributed by atoms with Crippen LogP contribution in [-0.2, 0) is 6.42 Å². The largest absolute Gasteiger partial charge is 0.0654 e. The van der Waals surface area contributed by atoms with Crippen LogP contribution < -0.4 is 0 Å². The lowest BCUT2D eigenvalue weighted by Crippen LogP contribution is -2.13. The van der Waals surface area contributed by atoms with Gasteiger partial charge in [0, 0.05) is 0 Å². The van der Waals surface area contributed by atoms with E-state index in [2.05, 4.69) is 26.0 Å². The maximum absolute atomic E-state index is 8.62. The lowest BCUT2D eigenvalue weighted by Gasteiger charge is -2.29. The first kappa shape index (κ1) is 14.6. The van der Waals surface area contributed by atoms with E-state index in [1.807, 2.05) is 18.2 Å². The van der Waals surface area contributed by atoms with Gasteiger partial charge < -0.3 is 0 Å². The fourth-order valence-corrected chi connectivity index (χ4v) is 4.07. The molecule has 25 heavy (non-hydrogen) atoms. The van der Waals surface area contributed by atoms with Crippen molar-refractivity contribution < 1.29 is 4.11 Å². The molecule has 0 nitrogen and oxygen atoms in total. The Bertz CT molecular complexity index is 771. The van der Waals surface area contributed by atoms with Crippen molar-refractivity contribution in [3.8, 4) is 11.1 Å². The van der Waals surface area contributed by atoms with Crippen molar-refractivity contribution in [1.82, 2.24) is 0 Å². The zero-order chi connectivity index (χ0) is 20.1. The standard InChI is InChI=1S/C25H34/c1-3-5-6-7-21-10-14-23(15-11-21)25-18-16-24(17-19-25)22-12-8-20(4-2)9-13-22/h8-9,12-13,16-19,21,23H,3-7,10-11,14-15H2,1-2H3/i16D,18D,19D. The quantitative estimate of drug-likeness (QED) is 0.453. The van der Waals surface area contributed by atoms with Crippen LogP contribution in [0.5, 0.6) is 0 Å². The summed E-state index contributed by atoms with van der Waals surface area (Å²) in [4.78, 5) is 0. The summed E-state index contributed by atoms with van der Waals surface area (Å²) in [5.41, 5.74) is 3.73. The van der Waals surface area contributed by atoms with Crippen molar-refractivity contribution in [2.45, 2.75) is 77.6 Å². The molecule has 1 fully saturated rings. The summed E-state index contributed by atoms with van der Waals surface area (Å²) in [6.45, 7) is 4.38. The minimum atomic E-state index is 0.275. The third-order valence-corrected chi connectivity index (χ3v) is 5.85. The molecule has 3 rings (SSSR count). The summed E-state index contributed by atoms with van der Waals surface area (Å²) in [6, 6.07) is 11.0. The molecule has 0 unspecified atom stereocenters. The molecule has 2 aromatic carbocycles. The molecule has 0 bridgehead atoms. The van der Waals surface area contributed by atoms with Crippen LogP contribution in [0.15, 0.2) is 48.5 Å². The van der Waals surface area contributed by atoms with E-state index in [1.54, 1.807) is 0 Å². The molecule has 1 aliphatic carbocycles. The number of unbranched alkanes of at least 4 members (excludes halogenated alkanes) is 2. The second-order valence-electron chi connectivity index (χ2n) is 7.63. The number of aryl methyl sites for hydroxylation is 1. The van der Waals surface area contributed by atoms with Crippen molar-refractivity contribution in [2.24, 2.45) is 5.92 Å². The lowest BCUT2D eigenvalue weighted by atomic mass is 9.77. The minimum absolute atomic E-state index is 0.275. The van der Waals surface area contributed by atoms with Gasteiger partial charge in [-0.1, -0.05) is 88.0 Å². The summed E-state index contributed by atoms with van der Waals surface area (Å²) in [5, 5.41) is 0. The van der Waals surface area contributed by atoms with Crippen molar-refractivity contribution in [2.75, 3.05) is 0 Å². The fraction of sp³-hybridized carbons (Fsp3) is 0.520. The van der Waals surface area contributed by atoms with E-state index in [0.29, 0.717) is 6.04 Å². The maximum atomic E-state index is 8.62. The summed E-state index contributed by atoms with van der Waals surface area (Å²) >= 11 is 0. The number of rotatable bonds is 7. The monoisotopic (exact) mass is 337 g/mol. The third-order valence-electron chi connectivity index (χ3n) is 5.85. The van der Waals surface area contributed by atoms with Crippen LogP contribution in [-0.4, -0.2) is 0 Å². The van der Waals surface area contributed by atoms with Gasteiger partial charge >= 0.3 is 0 Å². The summed E-state index contributed by atoms with van der Waals surface area (Å²) < 4.78 is 25.8. The van der Waals surface area contributed by atoms with Gasteiger partial charge in [0.15, 0.2) is 0 Å². The van der Waals surface area contributed by atoms with Crippen LogP contribution in [0.3, 0.4) is 0 Å². The first-order chi connectivity index (χ1) is 13.5. The van der Waals surface area contributed by atoms with Gasteiger partial charge in [0.25, 0.3) is 0 Å². The van der Waals surface area contributed by atoms with Crippen molar-refractivity contribution in [1.29, 1.82) is 0 Å². The van der Waals surface area contributed by atoms with E-state index < -0.39 is 0 Å². The van der Waals surface area contributed by atoms with Crippen molar-refractivity contribution >= 4 is 0 Å². The molecule has 1 aliphatic rings. The third kappa shape index (κ3) is 4.97. The van der Waals surface area contributed by atoms with E-state index in [1.165, 1.54) is 44.1 Å². The van der Waals surface area contributed by atoms with Gasteiger partial charge in [-0.3, -0.25) is 0 Å². The molecule has 0 amide bonds. The molecular weight excluding hydrogens is 300 g/mol. The molecule has 134 valence electrons. The zero-order valence-electron chi connectivity index (χ0n) is 18.9. The van der Waals surface area contributed by atoms with Gasteiger partial charge in [0.1, 0.15) is 0 Å². The van der Waals surface area contributed by atoms with Crippen LogP contribution in [0.25, 0.3) is 11.1 Å². The van der Waals surface area contributed by atoms with Gasteiger partial charge in [-0.2, -0.15) is 0 Å². The predicted octanol–water partition coefficient (Wildman–Crippen LogP) is 7.77. The SMILES string of the molecule is [2H]c1cc(-c2ccc(CC)cc2)c([2H])c([2H])c1C1CCC(CCCCC)CC1. The highest BCUT2D eigenvalue weighted by Gasteiger charge is 2.21. The average Bonchev–Trinajstić information content (AvgIpc) is 2.72. The van der Waals surface area contributed by atoms with E-state index in [4.69, 9.17) is 4.11 Å². The highest BCUT2D eigenvalue weighted by Crippen LogP contribution is 2.38. The van der Waals surface area contributed by atoms with Crippen molar-refractivity contribution in [3.05, 3.63) is 59.6 Å². The fourth-order valence-electron chi connectivity index (χ4n) is 4.07. The van der Waals surface area contributed by atoms with Gasteiger partial charge in [-0.25, -0.2) is 0 Å². The molecule has 0 heterocycles. The summed E-state index contributed by atoms with van der Waals surface area (Å²) in [7, 11) is 0. The van der Waals surface area contributed by atoms with Crippen LogP contribution in [0.4, 0.5) is 0 Å². The molecule has 0 spiro atoms. The molecule has 0 N–H and O–H groups in total. The molecule has 2 aromatic rings. The van der Waals surface area contributed by atoms with Crippen molar-refractivity contribution in [3.63, 3.8) is 0 Å². The minimum Gasteiger partial charge on any atom is -0.0654 e. The van der Waals surface area contributed by atoms with Gasteiger partial charge in [0.05, 0.1) is 4.11 Å². The normalized spacial score (nSPS) is 22.2. The topological polar surface area (TPSA) is 0 Å². The molecular formula is C25H34. The van der Waals surface area contributed by atoms with Gasteiger partial charge in [-0.15, -0.1) is 0 Å². The van der Waals surface area contributed by atoms with Crippen LogP contribution in [0.2, 0.25) is 0 Å². The van der Waals surface area contributed by atoms with Gasteiger partial charge in [0.2, 0.25) is 0 Å². The Balaban J connectivity index is 1.77. The van der Waals surface area contributed by atoms with E-state index in [-0.39, 0.29) is 18.0 Å². The Morgan fingerprint density at radius 1 is 0.840 bits per heavy atom. The van der Waals surface area contributed by atoms with Crippen LogP contribution >= 0.6 is 0 Å². The Morgan fingerprint density at radius 3 is 2.28 bits per heavy atom. The Hall–Kier alpha value is -1.56. The molecule has 0 heteroatoms. The predicted molar refractivity (Wildman–Crippen MR) is 110 cm³/mol. The molecule has 0 atom stereocenters. The molecule has 1 saturated carbocycles. The number of benzene rings is 2. The molecule has 0 radical (unpaired) electrons. The highest BCUT2D eigenvalue weighted by molar-refractivity contribution is 5.64. The molecule has 0 aromatic heterocycles. The summed E-state index contributed by atoms with van der Waals surface area (Å²) in [6.07, 6.45) is 10.8. The van der Waals surface area contributed by atoms with Crippen LogP contribution in [0.1, 0.15) is 86.4 Å². The van der Waals surface area contributed by atoms with E-state index >= 15 is 0 Å². The molecule has 0 aliphatic heterocycles. The maximum Gasteiger partial charge on any atom is 0.0629 e. The van der Waals surface area contributed by atoms with E-state index in [9.17, 15) is 0 Å². The number of hydrogen-bond acceptors (Lipinski definition) is 0. The lowest BCUT2D eigenvalue weighted by molar-refractivity contribution is 0.303. The highest BCUT2D eigenvalue weighted by atomic mass is 14.3. The average molecular weight is 338 g/mol. The first-order valence-corrected chi connectivity index (χ1v) is 10.2. The Morgan fingerprint density at radius 2 is 1.60 bits per heavy atom. The van der Waals surface area contributed by atoms with E-state index in [0.717, 1.165) is 41.9 Å². The summed E-state index contributed by atoms with van der Waals surface area (Å²) in [5.74, 6) is 1.10. The van der Waals surface area contributed by atoms with Crippen LogP contribution in [0, 0.1) is 5.92 Å². The Labute approximate surface area is 158 Å². The van der Waals surface area contributed by atoms with Gasteiger partial charge in [-0.05, 0) is 66.2 Å².